The van der Waals surface area contributed by atoms with E-state index in [4.69, 9.17) is 19.9 Å². The minimum atomic E-state index is -0.171. The first kappa shape index (κ1) is 15.9. The van der Waals surface area contributed by atoms with Crippen molar-refractivity contribution in [3.8, 4) is 17.2 Å². The number of hydrogen-bond donors (Lipinski definition) is 2. The van der Waals surface area contributed by atoms with Gasteiger partial charge >= 0.3 is 0 Å². The lowest BCUT2D eigenvalue weighted by atomic mass is 10.3. The van der Waals surface area contributed by atoms with Crippen LogP contribution in [0.1, 0.15) is 12.1 Å². The van der Waals surface area contributed by atoms with Crippen LogP contribution < -0.4 is 25.4 Å². The number of aromatic nitrogens is 1. The molecule has 0 amide bonds. The molecule has 0 fully saturated rings. The van der Waals surface area contributed by atoms with Crippen LogP contribution in [0.25, 0.3) is 0 Å². The topological polar surface area (TPSA) is 86.6 Å². The molecule has 0 radical (unpaired) electrons. The van der Waals surface area contributed by atoms with Crippen LogP contribution in [0.5, 0.6) is 17.2 Å². The number of methoxy groups -OCH3 is 1. The van der Waals surface area contributed by atoms with Crippen molar-refractivity contribution >= 4 is 0 Å². The number of hydrogen-bond acceptors (Lipinski definition) is 5. The lowest BCUT2D eigenvalue weighted by Gasteiger charge is -2.08. The molecule has 1 heterocycles. The molecule has 0 atom stereocenters. The molecule has 1 aromatic carbocycles. The molecule has 0 saturated heterocycles. The molecular formula is C16H20N2O4. The highest BCUT2D eigenvalue weighted by molar-refractivity contribution is 5.31. The molecule has 6 nitrogen and oxygen atoms in total. The van der Waals surface area contributed by atoms with Crippen molar-refractivity contribution in [2.24, 2.45) is 5.73 Å². The van der Waals surface area contributed by atoms with E-state index in [2.05, 4.69) is 4.98 Å². The third kappa shape index (κ3) is 4.53. The first-order valence-electron chi connectivity index (χ1n) is 7.04. The van der Waals surface area contributed by atoms with Gasteiger partial charge in [-0.2, -0.15) is 0 Å². The van der Waals surface area contributed by atoms with E-state index < -0.39 is 0 Å². The Bertz CT molecular complexity index is 637. The molecule has 0 saturated carbocycles. The van der Waals surface area contributed by atoms with Crippen molar-refractivity contribution in [2.75, 3.05) is 20.3 Å². The van der Waals surface area contributed by atoms with Gasteiger partial charge in [0.2, 0.25) is 5.43 Å². The van der Waals surface area contributed by atoms with Gasteiger partial charge < -0.3 is 24.9 Å². The zero-order chi connectivity index (χ0) is 15.8. The minimum Gasteiger partial charge on any atom is -0.497 e. The molecule has 2 aromatic rings. The number of nitrogens with one attached hydrogen (secondary N) is 1. The van der Waals surface area contributed by atoms with E-state index in [1.807, 2.05) is 24.3 Å². The van der Waals surface area contributed by atoms with Gasteiger partial charge in [0.1, 0.15) is 11.5 Å². The zero-order valence-electron chi connectivity index (χ0n) is 12.5. The average Bonchev–Trinajstić information content (AvgIpc) is 2.56. The van der Waals surface area contributed by atoms with Crippen molar-refractivity contribution in [3.05, 3.63) is 52.4 Å². The van der Waals surface area contributed by atoms with Crippen molar-refractivity contribution < 1.29 is 14.2 Å². The first-order chi connectivity index (χ1) is 10.7. The van der Waals surface area contributed by atoms with Gasteiger partial charge in [0, 0.05) is 30.9 Å². The van der Waals surface area contributed by atoms with Crippen LogP contribution in [0, 0.1) is 0 Å². The summed E-state index contributed by atoms with van der Waals surface area (Å²) in [5, 5.41) is 0. The number of H-pyrrole nitrogens is 1. The molecule has 0 aliphatic heterocycles. The van der Waals surface area contributed by atoms with E-state index in [0.29, 0.717) is 37.6 Å². The van der Waals surface area contributed by atoms with Crippen LogP contribution in [0.3, 0.4) is 0 Å². The van der Waals surface area contributed by atoms with Crippen LogP contribution in [-0.4, -0.2) is 25.3 Å². The lowest BCUT2D eigenvalue weighted by molar-refractivity contribution is 0.245. The summed E-state index contributed by atoms with van der Waals surface area (Å²) in [6.45, 7) is 1.21. The van der Waals surface area contributed by atoms with Crippen molar-refractivity contribution in [1.82, 2.24) is 4.98 Å². The molecule has 1 aromatic heterocycles. The second kappa shape index (κ2) is 8.09. The highest BCUT2D eigenvalue weighted by atomic mass is 16.5. The second-order valence-corrected chi connectivity index (χ2v) is 4.62. The summed E-state index contributed by atoms with van der Waals surface area (Å²) in [6, 6.07) is 8.81. The zero-order valence-corrected chi connectivity index (χ0v) is 12.5. The Balaban J connectivity index is 1.71. The summed E-state index contributed by atoms with van der Waals surface area (Å²) >= 11 is 0. The monoisotopic (exact) mass is 304 g/mol. The molecule has 3 N–H and O–H groups in total. The summed E-state index contributed by atoms with van der Waals surface area (Å²) in [5.74, 6) is 1.85. The fourth-order valence-electron chi connectivity index (χ4n) is 1.83. The smallest absolute Gasteiger partial charge is 0.223 e. The predicted octanol–water partition coefficient (Wildman–Crippen LogP) is 1.69. The maximum Gasteiger partial charge on any atom is 0.223 e. The van der Waals surface area contributed by atoms with Crippen molar-refractivity contribution in [3.63, 3.8) is 0 Å². The Hall–Kier alpha value is -2.47. The Morgan fingerprint density at radius 3 is 2.41 bits per heavy atom. The van der Waals surface area contributed by atoms with E-state index in [1.54, 1.807) is 7.11 Å². The predicted molar refractivity (Wildman–Crippen MR) is 83.6 cm³/mol. The molecule has 2 rings (SSSR count). The highest BCUT2D eigenvalue weighted by Crippen LogP contribution is 2.17. The van der Waals surface area contributed by atoms with Crippen LogP contribution in [0.15, 0.2) is 41.3 Å². The average molecular weight is 304 g/mol. The fraction of sp³-hybridized carbons (Fsp3) is 0.312. The molecular weight excluding hydrogens is 284 g/mol. The molecule has 0 aliphatic carbocycles. The van der Waals surface area contributed by atoms with Crippen molar-refractivity contribution in [2.45, 2.75) is 13.0 Å². The standard InChI is InChI=1S/C16H20N2O4/c1-20-13-3-5-14(6-4-13)21-7-2-8-22-16-11-18-12(10-17)9-15(16)19/h3-6,9,11H,2,7-8,10,17H2,1H3,(H,18,19). The van der Waals surface area contributed by atoms with E-state index in [-0.39, 0.29) is 5.43 Å². The number of benzene rings is 1. The van der Waals surface area contributed by atoms with E-state index in [0.717, 1.165) is 11.5 Å². The van der Waals surface area contributed by atoms with Gasteiger partial charge in [-0.3, -0.25) is 4.79 Å². The van der Waals surface area contributed by atoms with E-state index in [1.165, 1.54) is 12.3 Å². The lowest BCUT2D eigenvalue weighted by Crippen LogP contribution is -2.13. The number of ether oxygens (including phenoxy) is 3. The minimum absolute atomic E-state index is 0.171. The van der Waals surface area contributed by atoms with Gasteiger partial charge in [0.25, 0.3) is 0 Å². The molecule has 0 aliphatic rings. The fourth-order valence-corrected chi connectivity index (χ4v) is 1.83. The van der Waals surface area contributed by atoms with Gasteiger partial charge in [-0.05, 0) is 24.3 Å². The van der Waals surface area contributed by atoms with Crippen LogP contribution in [0.4, 0.5) is 0 Å². The Morgan fingerprint density at radius 1 is 1.09 bits per heavy atom. The molecule has 6 heteroatoms. The van der Waals surface area contributed by atoms with Gasteiger partial charge in [-0.25, -0.2) is 0 Å². The van der Waals surface area contributed by atoms with Gasteiger partial charge in [0.15, 0.2) is 5.75 Å². The Kier molecular flexibility index (Phi) is 5.85. The summed E-state index contributed by atoms with van der Waals surface area (Å²) < 4.78 is 16.1. The third-order valence-corrected chi connectivity index (χ3v) is 3.03. The maximum absolute atomic E-state index is 11.7. The molecule has 0 bridgehead atoms. The summed E-state index contributed by atoms with van der Waals surface area (Å²) in [7, 11) is 1.62. The van der Waals surface area contributed by atoms with E-state index in [9.17, 15) is 4.79 Å². The third-order valence-electron chi connectivity index (χ3n) is 3.03. The SMILES string of the molecule is COc1ccc(OCCCOc2c[nH]c(CN)cc2=O)cc1. The summed E-state index contributed by atoms with van der Waals surface area (Å²) in [4.78, 5) is 14.6. The van der Waals surface area contributed by atoms with Crippen LogP contribution in [-0.2, 0) is 6.54 Å². The molecule has 0 spiro atoms. The number of aromatic amines is 1. The molecule has 22 heavy (non-hydrogen) atoms. The Morgan fingerprint density at radius 2 is 1.77 bits per heavy atom. The molecule has 0 unspecified atom stereocenters. The largest absolute Gasteiger partial charge is 0.497 e. The highest BCUT2D eigenvalue weighted by Gasteiger charge is 2.02. The first-order valence-corrected chi connectivity index (χ1v) is 7.04. The number of rotatable bonds is 8. The second-order valence-electron chi connectivity index (χ2n) is 4.62. The molecule has 118 valence electrons. The summed E-state index contributed by atoms with van der Waals surface area (Å²) in [5.41, 5.74) is 5.96. The maximum atomic E-state index is 11.7. The number of nitrogens with two attached hydrogens (primary N) is 1. The van der Waals surface area contributed by atoms with Gasteiger partial charge in [0.05, 0.1) is 20.3 Å². The van der Waals surface area contributed by atoms with Crippen LogP contribution >= 0.6 is 0 Å². The number of pyridine rings is 1. The van der Waals surface area contributed by atoms with E-state index >= 15 is 0 Å². The van der Waals surface area contributed by atoms with Crippen LogP contribution in [0.2, 0.25) is 0 Å². The Labute approximate surface area is 128 Å². The quantitative estimate of drug-likeness (QED) is 0.725. The van der Waals surface area contributed by atoms with Gasteiger partial charge in [-0.1, -0.05) is 0 Å². The normalized spacial score (nSPS) is 10.3. The van der Waals surface area contributed by atoms with Gasteiger partial charge in [-0.15, -0.1) is 0 Å². The van der Waals surface area contributed by atoms with Crippen molar-refractivity contribution in [1.29, 1.82) is 0 Å². The summed E-state index contributed by atoms with van der Waals surface area (Å²) in [6.07, 6.45) is 2.21.